The van der Waals surface area contributed by atoms with Gasteiger partial charge in [0.1, 0.15) is 0 Å². The molecule has 2 aromatic carbocycles. The molecule has 2 aromatic rings. The summed E-state index contributed by atoms with van der Waals surface area (Å²) in [6.07, 6.45) is 3.39. The zero-order chi connectivity index (χ0) is 18.2. The first-order chi connectivity index (χ1) is 12.0. The summed E-state index contributed by atoms with van der Waals surface area (Å²) in [7, 11) is 0. The predicted octanol–water partition coefficient (Wildman–Crippen LogP) is 4.88. The summed E-state index contributed by atoms with van der Waals surface area (Å²) < 4.78 is 0. The number of carbonyl (C=O) groups excluding carboxylic acids is 2. The average molecular weight is 338 g/mol. The second-order valence-corrected chi connectivity index (χ2v) is 6.48. The predicted molar refractivity (Wildman–Crippen MR) is 103 cm³/mol. The van der Waals surface area contributed by atoms with Crippen molar-refractivity contribution in [3.63, 3.8) is 0 Å². The van der Waals surface area contributed by atoms with Crippen LogP contribution in [0.3, 0.4) is 0 Å². The van der Waals surface area contributed by atoms with Crippen molar-refractivity contribution in [1.82, 2.24) is 0 Å². The molecule has 0 bridgehead atoms. The Labute approximate surface area is 149 Å². The number of hydrogen-bond donors (Lipinski definition) is 2. The van der Waals surface area contributed by atoms with Crippen LogP contribution in [0.15, 0.2) is 48.5 Å². The molecule has 0 saturated heterocycles. The summed E-state index contributed by atoms with van der Waals surface area (Å²) in [6, 6.07) is 14.9. The number of unbranched alkanes of at least 4 members (excludes halogenated alkanes) is 1. The summed E-state index contributed by atoms with van der Waals surface area (Å²) in [5, 5.41) is 5.70. The number of amides is 2. The van der Waals surface area contributed by atoms with Crippen LogP contribution in [0.1, 0.15) is 49.5 Å². The molecule has 132 valence electrons. The van der Waals surface area contributed by atoms with Gasteiger partial charge in [0, 0.05) is 22.9 Å². The molecule has 0 heterocycles. The van der Waals surface area contributed by atoms with Crippen molar-refractivity contribution >= 4 is 23.2 Å². The van der Waals surface area contributed by atoms with Crippen LogP contribution in [-0.4, -0.2) is 11.8 Å². The minimum absolute atomic E-state index is 0.0692. The Morgan fingerprint density at radius 2 is 1.68 bits per heavy atom. The van der Waals surface area contributed by atoms with Crippen molar-refractivity contribution in [2.24, 2.45) is 5.92 Å². The van der Waals surface area contributed by atoms with Gasteiger partial charge in [0.05, 0.1) is 0 Å². The third-order valence-electron chi connectivity index (χ3n) is 3.95. The molecule has 0 aliphatic carbocycles. The maximum absolute atomic E-state index is 12.4. The van der Waals surface area contributed by atoms with E-state index < -0.39 is 0 Å². The lowest BCUT2D eigenvalue weighted by atomic mass is 10.1. The third-order valence-corrected chi connectivity index (χ3v) is 3.95. The number of carbonyl (C=O) groups is 2. The van der Waals surface area contributed by atoms with Gasteiger partial charge in [-0.1, -0.05) is 45.4 Å². The van der Waals surface area contributed by atoms with E-state index in [1.165, 1.54) is 18.4 Å². The van der Waals surface area contributed by atoms with Gasteiger partial charge >= 0.3 is 0 Å². The second kappa shape index (κ2) is 9.02. The summed E-state index contributed by atoms with van der Waals surface area (Å²) in [5.74, 6) is -0.370. The molecule has 0 aliphatic heterocycles. The molecule has 2 rings (SSSR count). The molecule has 0 aromatic heterocycles. The molecule has 0 unspecified atom stereocenters. The highest BCUT2D eigenvalue weighted by atomic mass is 16.2. The van der Waals surface area contributed by atoms with Crippen LogP contribution in [0.2, 0.25) is 0 Å². The van der Waals surface area contributed by atoms with Gasteiger partial charge in [0.2, 0.25) is 5.91 Å². The third kappa shape index (κ3) is 5.75. The van der Waals surface area contributed by atoms with E-state index in [1.54, 1.807) is 24.3 Å². The van der Waals surface area contributed by atoms with Crippen molar-refractivity contribution in [3.8, 4) is 0 Å². The maximum Gasteiger partial charge on any atom is 0.255 e. The SMILES string of the molecule is CCCCc1ccc(NC(=O)c2cccc(NC(=O)C(C)C)c2)cc1. The van der Waals surface area contributed by atoms with Crippen LogP contribution in [0.5, 0.6) is 0 Å². The number of benzene rings is 2. The van der Waals surface area contributed by atoms with Gasteiger partial charge in [-0.3, -0.25) is 9.59 Å². The lowest BCUT2D eigenvalue weighted by Gasteiger charge is -2.10. The van der Waals surface area contributed by atoms with Crippen molar-refractivity contribution in [3.05, 3.63) is 59.7 Å². The molecule has 4 nitrogen and oxygen atoms in total. The van der Waals surface area contributed by atoms with Gasteiger partial charge in [-0.15, -0.1) is 0 Å². The average Bonchev–Trinajstić information content (AvgIpc) is 2.61. The highest BCUT2D eigenvalue weighted by Gasteiger charge is 2.10. The first-order valence-corrected chi connectivity index (χ1v) is 8.81. The molecular weight excluding hydrogens is 312 g/mol. The molecule has 0 atom stereocenters. The van der Waals surface area contributed by atoms with Crippen molar-refractivity contribution in [2.75, 3.05) is 10.6 Å². The lowest BCUT2D eigenvalue weighted by molar-refractivity contribution is -0.118. The van der Waals surface area contributed by atoms with E-state index in [0.717, 1.165) is 12.1 Å². The summed E-state index contributed by atoms with van der Waals surface area (Å²) in [6.45, 7) is 5.83. The summed E-state index contributed by atoms with van der Waals surface area (Å²) in [4.78, 5) is 24.2. The second-order valence-electron chi connectivity index (χ2n) is 6.48. The first-order valence-electron chi connectivity index (χ1n) is 8.81. The molecular formula is C21H26N2O2. The number of nitrogens with one attached hydrogen (secondary N) is 2. The largest absolute Gasteiger partial charge is 0.326 e. The van der Waals surface area contributed by atoms with Gasteiger partial charge in [-0.05, 0) is 48.7 Å². The quantitative estimate of drug-likeness (QED) is 0.756. The van der Waals surface area contributed by atoms with Gasteiger partial charge in [0.25, 0.3) is 5.91 Å². The summed E-state index contributed by atoms with van der Waals surface area (Å²) in [5.41, 5.74) is 3.18. The zero-order valence-corrected chi connectivity index (χ0v) is 15.1. The van der Waals surface area contributed by atoms with E-state index in [0.29, 0.717) is 11.3 Å². The van der Waals surface area contributed by atoms with Crippen molar-refractivity contribution < 1.29 is 9.59 Å². The minimum Gasteiger partial charge on any atom is -0.326 e. The topological polar surface area (TPSA) is 58.2 Å². The highest BCUT2D eigenvalue weighted by Crippen LogP contribution is 2.16. The zero-order valence-electron chi connectivity index (χ0n) is 15.1. The lowest BCUT2D eigenvalue weighted by Crippen LogP contribution is -2.18. The molecule has 4 heteroatoms. The van der Waals surface area contributed by atoms with Gasteiger partial charge in [0.15, 0.2) is 0 Å². The normalized spacial score (nSPS) is 10.6. The van der Waals surface area contributed by atoms with Gasteiger partial charge < -0.3 is 10.6 Å². The Bertz CT molecular complexity index is 721. The fourth-order valence-electron chi connectivity index (χ4n) is 2.36. The highest BCUT2D eigenvalue weighted by molar-refractivity contribution is 6.05. The van der Waals surface area contributed by atoms with Crippen molar-refractivity contribution in [1.29, 1.82) is 0 Å². The number of aryl methyl sites for hydroxylation is 1. The number of rotatable bonds is 7. The Kier molecular flexibility index (Phi) is 6.75. The molecule has 0 spiro atoms. The minimum atomic E-state index is -0.193. The van der Waals surface area contributed by atoms with E-state index in [2.05, 4.69) is 17.6 Å². The van der Waals surface area contributed by atoms with Crippen molar-refractivity contribution in [2.45, 2.75) is 40.0 Å². The molecule has 2 amide bonds. The van der Waals surface area contributed by atoms with Crippen LogP contribution in [0.25, 0.3) is 0 Å². The molecule has 2 N–H and O–H groups in total. The van der Waals surface area contributed by atoms with Crippen LogP contribution < -0.4 is 10.6 Å². The van der Waals surface area contributed by atoms with Crippen LogP contribution in [0.4, 0.5) is 11.4 Å². The molecule has 0 radical (unpaired) electrons. The standard InChI is InChI=1S/C21H26N2O2/c1-4-5-7-16-10-12-18(13-11-16)22-21(25)17-8-6-9-19(14-17)23-20(24)15(2)3/h6,8-15H,4-5,7H2,1-3H3,(H,22,25)(H,23,24). The molecule has 0 saturated carbocycles. The fourth-order valence-corrected chi connectivity index (χ4v) is 2.36. The first kappa shape index (κ1) is 18.7. The Balaban J connectivity index is 2.01. The smallest absolute Gasteiger partial charge is 0.255 e. The van der Waals surface area contributed by atoms with Crippen LogP contribution in [-0.2, 0) is 11.2 Å². The van der Waals surface area contributed by atoms with Gasteiger partial charge in [-0.2, -0.15) is 0 Å². The summed E-state index contributed by atoms with van der Waals surface area (Å²) >= 11 is 0. The van der Waals surface area contributed by atoms with E-state index in [9.17, 15) is 9.59 Å². The Morgan fingerprint density at radius 3 is 2.32 bits per heavy atom. The van der Waals surface area contributed by atoms with E-state index in [1.807, 2.05) is 38.1 Å². The number of hydrogen-bond acceptors (Lipinski definition) is 2. The number of anilines is 2. The van der Waals surface area contributed by atoms with E-state index >= 15 is 0 Å². The van der Waals surface area contributed by atoms with Gasteiger partial charge in [-0.25, -0.2) is 0 Å². The van der Waals surface area contributed by atoms with Crippen LogP contribution in [0, 0.1) is 5.92 Å². The van der Waals surface area contributed by atoms with Crippen LogP contribution >= 0.6 is 0 Å². The Hall–Kier alpha value is -2.62. The fraction of sp³-hybridized carbons (Fsp3) is 0.333. The molecule has 0 fully saturated rings. The molecule has 0 aliphatic rings. The monoisotopic (exact) mass is 338 g/mol. The molecule has 25 heavy (non-hydrogen) atoms. The van der Waals surface area contributed by atoms with E-state index in [-0.39, 0.29) is 17.7 Å². The van der Waals surface area contributed by atoms with E-state index in [4.69, 9.17) is 0 Å². The Morgan fingerprint density at radius 1 is 0.960 bits per heavy atom. The maximum atomic E-state index is 12.4.